The van der Waals surface area contributed by atoms with E-state index in [-0.39, 0.29) is 24.1 Å². The Labute approximate surface area is 108 Å². The molecule has 5 heteroatoms. The van der Waals surface area contributed by atoms with E-state index in [1.165, 1.54) is 0 Å². The second kappa shape index (κ2) is 6.47. The number of benzene rings is 1. The molecule has 0 aliphatic carbocycles. The predicted molar refractivity (Wildman–Crippen MR) is 70.0 cm³/mol. The maximum Gasteiger partial charge on any atom is 0.224 e. The third-order valence-electron chi connectivity index (χ3n) is 2.54. The van der Waals surface area contributed by atoms with Crippen molar-refractivity contribution in [3.63, 3.8) is 0 Å². The van der Waals surface area contributed by atoms with Crippen molar-refractivity contribution >= 4 is 18.3 Å². The Morgan fingerprint density at radius 1 is 1.41 bits per heavy atom. The third-order valence-corrected chi connectivity index (χ3v) is 2.54. The van der Waals surface area contributed by atoms with Crippen molar-refractivity contribution in [3.05, 3.63) is 29.8 Å². The van der Waals surface area contributed by atoms with Crippen LogP contribution in [0.15, 0.2) is 24.3 Å². The van der Waals surface area contributed by atoms with Crippen molar-refractivity contribution in [2.24, 2.45) is 11.1 Å². The van der Waals surface area contributed by atoms with Gasteiger partial charge in [-0.05, 0) is 19.9 Å². The molecule has 17 heavy (non-hydrogen) atoms. The van der Waals surface area contributed by atoms with Gasteiger partial charge in [0.05, 0.1) is 5.41 Å². The van der Waals surface area contributed by atoms with E-state index in [1.54, 1.807) is 26.0 Å². The van der Waals surface area contributed by atoms with Crippen LogP contribution in [0.25, 0.3) is 0 Å². The Bertz CT molecular complexity index is 381. The first-order valence-corrected chi connectivity index (χ1v) is 5.21. The molecule has 0 unspecified atom stereocenters. The molecule has 1 aromatic carbocycles. The molecule has 1 amide bonds. The topological polar surface area (TPSA) is 75.3 Å². The minimum Gasteiger partial charge on any atom is -0.508 e. The lowest BCUT2D eigenvalue weighted by molar-refractivity contribution is -0.125. The highest BCUT2D eigenvalue weighted by atomic mass is 35.5. The molecule has 1 aromatic rings. The van der Waals surface area contributed by atoms with E-state index in [0.29, 0.717) is 13.1 Å². The first-order valence-electron chi connectivity index (χ1n) is 5.21. The molecule has 0 saturated heterocycles. The van der Waals surface area contributed by atoms with Crippen molar-refractivity contribution in [2.45, 2.75) is 20.4 Å². The van der Waals surface area contributed by atoms with Gasteiger partial charge in [0.2, 0.25) is 5.91 Å². The summed E-state index contributed by atoms with van der Waals surface area (Å²) in [5, 5.41) is 12.6. The Morgan fingerprint density at radius 3 is 2.53 bits per heavy atom. The zero-order valence-corrected chi connectivity index (χ0v) is 10.9. The first kappa shape index (κ1) is 15.7. The van der Waals surface area contributed by atoms with E-state index in [1.807, 2.05) is 12.1 Å². The Kier molecular flexibility index (Phi) is 5.99. The summed E-state index contributed by atoms with van der Waals surface area (Å²) in [4.78, 5) is 11.1. The maximum atomic E-state index is 11.1. The number of phenolic OH excluding ortho intramolecular Hbond substituents is 1. The zero-order chi connectivity index (χ0) is 12.2. The molecule has 1 rings (SSSR count). The van der Waals surface area contributed by atoms with E-state index >= 15 is 0 Å². The van der Waals surface area contributed by atoms with Crippen LogP contribution in [0.2, 0.25) is 0 Å². The number of para-hydroxylation sites is 1. The second-order valence-electron chi connectivity index (χ2n) is 4.48. The van der Waals surface area contributed by atoms with Crippen LogP contribution in [0.1, 0.15) is 19.4 Å². The van der Waals surface area contributed by atoms with Gasteiger partial charge >= 0.3 is 0 Å². The summed E-state index contributed by atoms with van der Waals surface area (Å²) in [7, 11) is 0. The largest absolute Gasteiger partial charge is 0.508 e. The SMILES string of the molecule is CC(C)(CNCc1ccccc1O)C(N)=O.Cl. The number of nitrogens with one attached hydrogen (secondary N) is 1. The van der Waals surface area contributed by atoms with Crippen LogP contribution in [-0.4, -0.2) is 17.6 Å². The fourth-order valence-corrected chi connectivity index (χ4v) is 1.26. The molecule has 0 bridgehead atoms. The molecule has 0 aliphatic rings. The summed E-state index contributed by atoms with van der Waals surface area (Å²) in [6.45, 7) is 4.57. The van der Waals surface area contributed by atoms with Gasteiger partial charge in [0.15, 0.2) is 0 Å². The molecule has 4 nitrogen and oxygen atoms in total. The highest BCUT2D eigenvalue weighted by Crippen LogP contribution is 2.16. The Balaban J connectivity index is 0.00000256. The van der Waals surface area contributed by atoms with Gasteiger partial charge in [-0.15, -0.1) is 12.4 Å². The van der Waals surface area contributed by atoms with Crippen LogP contribution in [0, 0.1) is 5.41 Å². The van der Waals surface area contributed by atoms with Crippen molar-refractivity contribution in [1.29, 1.82) is 0 Å². The molecule has 0 spiro atoms. The molecule has 0 atom stereocenters. The summed E-state index contributed by atoms with van der Waals surface area (Å²) in [6, 6.07) is 7.10. The van der Waals surface area contributed by atoms with Gasteiger partial charge in [-0.3, -0.25) is 4.79 Å². The maximum absolute atomic E-state index is 11.1. The summed E-state index contributed by atoms with van der Waals surface area (Å²) in [5.41, 5.74) is 5.48. The average molecular weight is 259 g/mol. The van der Waals surface area contributed by atoms with E-state index in [9.17, 15) is 9.90 Å². The van der Waals surface area contributed by atoms with E-state index in [4.69, 9.17) is 5.73 Å². The summed E-state index contributed by atoms with van der Waals surface area (Å²) in [5.74, 6) is -0.0795. The fraction of sp³-hybridized carbons (Fsp3) is 0.417. The molecule has 4 N–H and O–H groups in total. The van der Waals surface area contributed by atoms with E-state index < -0.39 is 5.41 Å². The highest BCUT2D eigenvalue weighted by molar-refractivity contribution is 5.85. The third kappa shape index (κ3) is 4.63. The number of aromatic hydroxyl groups is 1. The van der Waals surface area contributed by atoms with Crippen molar-refractivity contribution < 1.29 is 9.90 Å². The van der Waals surface area contributed by atoms with Crippen molar-refractivity contribution in [1.82, 2.24) is 5.32 Å². The number of phenols is 1. The van der Waals surface area contributed by atoms with Gasteiger partial charge in [0.1, 0.15) is 5.75 Å². The minimum absolute atomic E-state index is 0. The monoisotopic (exact) mass is 258 g/mol. The smallest absolute Gasteiger partial charge is 0.224 e. The summed E-state index contributed by atoms with van der Waals surface area (Å²) < 4.78 is 0. The van der Waals surface area contributed by atoms with Crippen LogP contribution in [-0.2, 0) is 11.3 Å². The van der Waals surface area contributed by atoms with Crippen molar-refractivity contribution in [2.75, 3.05) is 6.54 Å². The number of nitrogens with two attached hydrogens (primary N) is 1. The summed E-state index contributed by atoms with van der Waals surface area (Å²) in [6.07, 6.45) is 0. The van der Waals surface area contributed by atoms with Crippen LogP contribution < -0.4 is 11.1 Å². The number of carbonyl (C=O) groups is 1. The minimum atomic E-state index is -0.579. The second-order valence-corrected chi connectivity index (χ2v) is 4.48. The van der Waals surface area contributed by atoms with Gasteiger partial charge in [-0.2, -0.15) is 0 Å². The van der Waals surface area contributed by atoms with Crippen LogP contribution >= 0.6 is 12.4 Å². The average Bonchev–Trinajstić information content (AvgIpc) is 2.20. The molecular formula is C12H19ClN2O2. The Morgan fingerprint density at radius 2 is 2.00 bits per heavy atom. The number of amides is 1. The number of rotatable bonds is 5. The van der Waals surface area contributed by atoms with Gasteiger partial charge < -0.3 is 16.2 Å². The van der Waals surface area contributed by atoms with Crippen LogP contribution in [0.5, 0.6) is 5.75 Å². The molecule has 0 fully saturated rings. The molecule has 0 saturated carbocycles. The Hall–Kier alpha value is -1.26. The molecule has 96 valence electrons. The van der Waals surface area contributed by atoms with Gasteiger partial charge in [0.25, 0.3) is 0 Å². The van der Waals surface area contributed by atoms with Crippen LogP contribution in [0.4, 0.5) is 0 Å². The molecule has 0 aliphatic heterocycles. The summed E-state index contributed by atoms with van der Waals surface area (Å²) >= 11 is 0. The first-order chi connectivity index (χ1) is 7.43. The molecular weight excluding hydrogens is 240 g/mol. The lowest BCUT2D eigenvalue weighted by Gasteiger charge is -2.20. The lowest BCUT2D eigenvalue weighted by atomic mass is 9.93. The number of carbonyl (C=O) groups excluding carboxylic acids is 1. The normalized spacial score (nSPS) is 10.7. The van der Waals surface area contributed by atoms with E-state index in [2.05, 4.69) is 5.32 Å². The van der Waals surface area contributed by atoms with Gasteiger partial charge in [-0.25, -0.2) is 0 Å². The van der Waals surface area contributed by atoms with E-state index in [0.717, 1.165) is 5.56 Å². The van der Waals surface area contributed by atoms with Gasteiger partial charge in [0, 0.05) is 18.7 Å². The number of halogens is 1. The number of primary amides is 1. The fourth-order valence-electron chi connectivity index (χ4n) is 1.26. The lowest BCUT2D eigenvalue weighted by Crippen LogP contribution is -2.40. The molecule has 0 aromatic heterocycles. The van der Waals surface area contributed by atoms with Crippen LogP contribution in [0.3, 0.4) is 0 Å². The molecule has 0 radical (unpaired) electrons. The standard InChI is InChI=1S/C12H18N2O2.ClH/c1-12(2,11(13)16)8-14-7-9-5-3-4-6-10(9)15;/h3-6,14-15H,7-8H2,1-2H3,(H2,13,16);1H. The number of hydrogen-bond acceptors (Lipinski definition) is 3. The highest BCUT2D eigenvalue weighted by Gasteiger charge is 2.24. The zero-order valence-electron chi connectivity index (χ0n) is 10.1. The van der Waals surface area contributed by atoms with Gasteiger partial charge in [-0.1, -0.05) is 18.2 Å². The predicted octanol–water partition coefficient (Wildman–Crippen LogP) is 1.42. The number of hydrogen-bond donors (Lipinski definition) is 3. The van der Waals surface area contributed by atoms with Crippen molar-refractivity contribution in [3.8, 4) is 5.75 Å². The quantitative estimate of drug-likeness (QED) is 0.748. The molecule has 0 heterocycles.